The van der Waals surface area contributed by atoms with Gasteiger partial charge in [-0.25, -0.2) is 0 Å². The van der Waals surface area contributed by atoms with Crippen molar-refractivity contribution in [3.05, 3.63) is 60.1 Å². The highest BCUT2D eigenvalue weighted by Crippen LogP contribution is 2.08. The van der Waals surface area contributed by atoms with E-state index in [0.29, 0.717) is 11.6 Å². The van der Waals surface area contributed by atoms with Crippen LogP contribution in [0.5, 0.6) is 0 Å². The van der Waals surface area contributed by atoms with Gasteiger partial charge in [0.1, 0.15) is 0 Å². The highest BCUT2D eigenvalue weighted by Gasteiger charge is 1.92. The molecule has 0 saturated heterocycles. The Bertz CT molecular complexity index is 446. The third kappa shape index (κ3) is 18.2. The fourth-order valence-corrected chi connectivity index (χ4v) is 1.72. The van der Waals surface area contributed by atoms with Gasteiger partial charge in [0.2, 0.25) is 0 Å². The second-order valence-corrected chi connectivity index (χ2v) is 5.17. The van der Waals surface area contributed by atoms with Crippen LogP contribution in [0.25, 0.3) is 0 Å². The standard InChI is InChI=1S/C19H27ClO3/c1-2-3-4-5-6-7-8-9-10-11-12-15-18(20)23-17-14-13-16-19(21)22/h3-4,6-7,9-10,14-15,17H,2,5,8,11-13,16H2,1H3,(H,21,22). The predicted octanol–water partition coefficient (Wildman–Crippen LogP) is 6.10. The average Bonchev–Trinajstić information content (AvgIpc) is 2.52. The summed E-state index contributed by atoms with van der Waals surface area (Å²) in [4.78, 5) is 10.3. The van der Waals surface area contributed by atoms with Crippen molar-refractivity contribution in [3.63, 3.8) is 0 Å². The van der Waals surface area contributed by atoms with Crippen molar-refractivity contribution in [2.75, 3.05) is 0 Å². The van der Waals surface area contributed by atoms with Crippen LogP contribution < -0.4 is 0 Å². The number of halogens is 1. The Kier molecular flexibility index (Phi) is 15.4. The number of ether oxygens (including phenoxy) is 1. The van der Waals surface area contributed by atoms with Crippen LogP contribution >= 0.6 is 11.6 Å². The number of hydrogen-bond acceptors (Lipinski definition) is 2. The van der Waals surface area contributed by atoms with Gasteiger partial charge in [-0.15, -0.1) is 0 Å². The molecule has 0 aliphatic carbocycles. The maximum Gasteiger partial charge on any atom is 0.303 e. The topological polar surface area (TPSA) is 46.5 Å². The summed E-state index contributed by atoms with van der Waals surface area (Å²) in [5.74, 6) is -0.824. The second-order valence-electron chi connectivity index (χ2n) is 4.80. The highest BCUT2D eigenvalue weighted by molar-refractivity contribution is 6.28. The van der Waals surface area contributed by atoms with Gasteiger partial charge in [-0.3, -0.25) is 4.79 Å². The van der Waals surface area contributed by atoms with Crippen molar-refractivity contribution >= 4 is 17.6 Å². The molecule has 0 fully saturated rings. The van der Waals surface area contributed by atoms with Gasteiger partial charge in [-0.2, -0.15) is 0 Å². The highest BCUT2D eigenvalue weighted by atomic mass is 35.5. The number of hydrogen-bond donors (Lipinski definition) is 1. The van der Waals surface area contributed by atoms with E-state index in [-0.39, 0.29) is 6.42 Å². The Morgan fingerprint density at radius 3 is 2.26 bits per heavy atom. The minimum atomic E-state index is -0.824. The molecule has 0 unspecified atom stereocenters. The molecular weight excluding hydrogens is 312 g/mol. The molecule has 0 heterocycles. The summed E-state index contributed by atoms with van der Waals surface area (Å²) in [6.45, 7) is 2.13. The zero-order chi connectivity index (χ0) is 17.2. The predicted molar refractivity (Wildman–Crippen MR) is 97.2 cm³/mol. The lowest BCUT2D eigenvalue weighted by Crippen LogP contribution is -1.91. The molecule has 0 aliphatic rings. The lowest BCUT2D eigenvalue weighted by atomic mass is 10.2. The van der Waals surface area contributed by atoms with E-state index in [0.717, 1.165) is 32.1 Å². The van der Waals surface area contributed by atoms with E-state index in [9.17, 15) is 4.79 Å². The molecule has 128 valence electrons. The number of allylic oxidation sites excluding steroid dienone is 8. The number of carbonyl (C=O) groups is 1. The fourth-order valence-electron chi connectivity index (χ4n) is 1.56. The molecule has 0 bridgehead atoms. The smallest absolute Gasteiger partial charge is 0.303 e. The lowest BCUT2D eigenvalue weighted by molar-refractivity contribution is -0.136. The molecule has 0 radical (unpaired) electrons. The van der Waals surface area contributed by atoms with Crippen molar-refractivity contribution in [2.24, 2.45) is 0 Å². The number of aliphatic carboxylic acids is 1. The van der Waals surface area contributed by atoms with Gasteiger partial charge in [0.25, 0.3) is 0 Å². The van der Waals surface area contributed by atoms with E-state index in [1.807, 2.05) is 0 Å². The minimum absolute atomic E-state index is 0.0926. The van der Waals surface area contributed by atoms with Crippen LogP contribution in [0, 0.1) is 0 Å². The average molecular weight is 339 g/mol. The maximum absolute atomic E-state index is 10.3. The Morgan fingerprint density at radius 1 is 0.957 bits per heavy atom. The summed E-state index contributed by atoms with van der Waals surface area (Å²) < 4.78 is 5.13. The van der Waals surface area contributed by atoms with Crippen molar-refractivity contribution in [3.8, 4) is 0 Å². The molecule has 0 aromatic rings. The number of rotatable bonds is 13. The molecule has 4 heteroatoms. The van der Waals surface area contributed by atoms with E-state index in [1.54, 1.807) is 12.2 Å². The van der Waals surface area contributed by atoms with E-state index in [4.69, 9.17) is 21.4 Å². The minimum Gasteiger partial charge on any atom is -0.481 e. The first-order valence-corrected chi connectivity index (χ1v) is 8.38. The summed E-state index contributed by atoms with van der Waals surface area (Å²) in [6.07, 6.45) is 23.1. The Labute approximate surface area is 144 Å². The molecule has 0 aliphatic heterocycles. The van der Waals surface area contributed by atoms with Gasteiger partial charge in [-0.05, 0) is 62.3 Å². The fraction of sp³-hybridized carbons (Fsp3) is 0.421. The van der Waals surface area contributed by atoms with Gasteiger partial charge in [-0.1, -0.05) is 43.4 Å². The van der Waals surface area contributed by atoms with Crippen LogP contribution in [-0.4, -0.2) is 11.1 Å². The van der Waals surface area contributed by atoms with Crippen molar-refractivity contribution in [1.82, 2.24) is 0 Å². The summed E-state index contributed by atoms with van der Waals surface area (Å²) in [6, 6.07) is 0. The lowest BCUT2D eigenvalue weighted by Gasteiger charge is -1.96. The third-order valence-corrected chi connectivity index (χ3v) is 2.96. The largest absolute Gasteiger partial charge is 0.481 e. The van der Waals surface area contributed by atoms with E-state index < -0.39 is 5.97 Å². The molecule has 0 aromatic heterocycles. The van der Waals surface area contributed by atoms with Crippen molar-refractivity contribution in [1.29, 1.82) is 0 Å². The van der Waals surface area contributed by atoms with Gasteiger partial charge >= 0.3 is 5.97 Å². The Balaban J connectivity index is 3.65. The quantitative estimate of drug-likeness (QED) is 0.251. The first-order valence-electron chi connectivity index (χ1n) is 8.01. The molecule has 23 heavy (non-hydrogen) atoms. The van der Waals surface area contributed by atoms with E-state index in [1.165, 1.54) is 6.26 Å². The van der Waals surface area contributed by atoms with Crippen LogP contribution in [-0.2, 0) is 9.53 Å². The summed E-state index contributed by atoms with van der Waals surface area (Å²) in [5.41, 5.74) is 0. The van der Waals surface area contributed by atoms with Gasteiger partial charge in [0, 0.05) is 6.42 Å². The van der Waals surface area contributed by atoms with Crippen LogP contribution in [0.1, 0.15) is 51.9 Å². The zero-order valence-corrected chi connectivity index (χ0v) is 14.5. The van der Waals surface area contributed by atoms with Gasteiger partial charge in [0.15, 0.2) is 5.22 Å². The molecular formula is C19H27ClO3. The summed E-state index contributed by atoms with van der Waals surface area (Å²) >= 11 is 5.87. The van der Waals surface area contributed by atoms with Crippen molar-refractivity contribution in [2.45, 2.75) is 51.9 Å². The SMILES string of the molecule is CCC=CCC=CCC=CCCC=C(Cl)OC=CCCC(=O)O. The monoisotopic (exact) mass is 338 g/mol. The van der Waals surface area contributed by atoms with Gasteiger partial charge < -0.3 is 9.84 Å². The number of carboxylic acid groups (broad SMARTS) is 1. The summed E-state index contributed by atoms with van der Waals surface area (Å²) in [5, 5.41) is 8.78. The maximum atomic E-state index is 10.3. The normalized spacial score (nSPS) is 13.0. The molecule has 3 nitrogen and oxygen atoms in total. The van der Waals surface area contributed by atoms with Crippen LogP contribution in [0.15, 0.2) is 60.1 Å². The first-order chi connectivity index (χ1) is 11.2. The van der Waals surface area contributed by atoms with Crippen LogP contribution in [0.4, 0.5) is 0 Å². The van der Waals surface area contributed by atoms with Crippen molar-refractivity contribution < 1.29 is 14.6 Å². The Morgan fingerprint density at radius 2 is 1.61 bits per heavy atom. The van der Waals surface area contributed by atoms with E-state index in [2.05, 4.69) is 43.4 Å². The summed E-state index contributed by atoms with van der Waals surface area (Å²) in [7, 11) is 0. The van der Waals surface area contributed by atoms with E-state index >= 15 is 0 Å². The zero-order valence-electron chi connectivity index (χ0n) is 13.8. The molecule has 0 saturated carbocycles. The van der Waals surface area contributed by atoms with Gasteiger partial charge in [0.05, 0.1) is 6.26 Å². The van der Waals surface area contributed by atoms with Crippen LogP contribution in [0.2, 0.25) is 0 Å². The van der Waals surface area contributed by atoms with Crippen LogP contribution in [0.3, 0.4) is 0 Å². The molecule has 0 spiro atoms. The molecule has 0 aromatic carbocycles. The molecule has 0 atom stereocenters. The molecule has 0 rings (SSSR count). The number of unbranched alkanes of at least 4 members (excludes halogenated alkanes) is 1. The second kappa shape index (κ2) is 16.6. The third-order valence-electron chi connectivity index (χ3n) is 2.72. The first kappa shape index (κ1) is 21.3. The molecule has 1 N–H and O–H groups in total. The Hall–Kier alpha value is -1.74. The number of carboxylic acids is 1. The molecule has 0 amide bonds.